The van der Waals surface area contributed by atoms with Gasteiger partial charge in [0.05, 0.1) is 18.1 Å². The van der Waals surface area contributed by atoms with E-state index >= 15 is 0 Å². The summed E-state index contributed by atoms with van der Waals surface area (Å²) in [5.74, 6) is 0. The maximum atomic E-state index is 12.6. The number of ether oxygens (including phenoxy) is 2. The number of sulfonamides is 1. The van der Waals surface area contributed by atoms with Gasteiger partial charge in [-0.25, -0.2) is 8.42 Å². The van der Waals surface area contributed by atoms with Crippen LogP contribution in [0.4, 0.5) is 0 Å². The van der Waals surface area contributed by atoms with E-state index in [4.69, 9.17) is 9.47 Å². The number of halogens is 1. The largest absolute Gasteiger partial charge is 0.380 e. The average Bonchev–Trinajstić information content (AvgIpc) is 2.46. The Morgan fingerprint density at radius 3 is 1.90 bits per heavy atom. The molecule has 5 nitrogen and oxygen atoms in total. The molecule has 0 aliphatic heterocycles. The molecule has 0 aliphatic rings. The van der Waals surface area contributed by atoms with Crippen molar-refractivity contribution >= 4 is 26.0 Å². The molecule has 7 heteroatoms. The summed E-state index contributed by atoms with van der Waals surface area (Å²) in [6.45, 7) is 6.28. The molecular formula is C14H22BrNO4S. The SMILES string of the molecule is CCOCCN(CCOCC)S(=O)(=O)c1ccc(Br)cc1. The van der Waals surface area contributed by atoms with Gasteiger partial charge >= 0.3 is 0 Å². The van der Waals surface area contributed by atoms with E-state index in [1.807, 2.05) is 13.8 Å². The Kier molecular flexibility index (Phi) is 8.43. The molecule has 0 radical (unpaired) electrons. The molecule has 0 heterocycles. The van der Waals surface area contributed by atoms with E-state index in [0.29, 0.717) is 39.5 Å². The number of hydrogen-bond acceptors (Lipinski definition) is 4. The minimum Gasteiger partial charge on any atom is -0.380 e. The van der Waals surface area contributed by atoms with Crippen molar-refractivity contribution < 1.29 is 17.9 Å². The molecule has 120 valence electrons. The summed E-state index contributed by atoms with van der Waals surface area (Å²) in [5.41, 5.74) is 0. The third-order valence-corrected chi connectivity index (χ3v) is 5.27. The molecule has 0 saturated carbocycles. The van der Waals surface area contributed by atoms with E-state index < -0.39 is 10.0 Å². The van der Waals surface area contributed by atoms with Gasteiger partial charge in [0.15, 0.2) is 0 Å². The molecule has 21 heavy (non-hydrogen) atoms. The second-order valence-corrected chi connectivity index (χ2v) is 7.11. The molecule has 0 amide bonds. The van der Waals surface area contributed by atoms with Crippen molar-refractivity contribution in [1.82, 2.24) is 4.31 Å². The first-order chi connectivity index (χ1) is 10.0. The van der Waals surface area contributed by atoms with Crippen LogP contribution in [0.1, 0.15) is 13.8 Å². The summed E-state index contributed by atoms with van der Waals surface area (Å²) in [4.78, 5) is 0.277. The minimum absolute atomic E-state index is 0.277. The fourth-order valence-electron chi connectivity index (χ4n) is 1.73. The van der Waals surface area contributed by atoms with Crippen LogP contribution in [0.2, 0.25) is 0 Å². The van der Waals surface area contributed by atoms with Gasteiger partial charge in [0.25, 0.3) is 0 Å². The molecule has 0 aliphatic carbocycles. The zero-order chi connectivity index (χ0) is 15.7. The normalized spacial score (nSPS) is 12.0. The summed E-state index contributed by atoms with van der Waals surface area (Å²) in [5, 5.41) is 0. The number of hydrogen-bond donors (Lipinski definition) is 0. The molecule has 0 atom stereocenters. The summed E-state index contributed by atoms with van der Waals surface area (Å²) >= 11 is 3.30. The predicted octanol–water partition coefficient (Wildman–Crippen LogP) is 2.51. The summed E-state index contributed by atoms with van der Waals surface area (Å²) < 4.78 is 38.0. The maximum absolute atomic E-state index is 12.6. The van der Waals surface area contributed by atoms with Gasteiger partial charge < -0.3 is 9.47 Å². The summed E-state index contributed by atoms with van der Waals surface area (Å²) in [7, 11) is -3.53. The number of benzene rings is 1. The quantitative estimate of drug-likeness (QED) is 0.586. The van der Waals surface area contributed by atoms with Crippen molar-refractivity contribution in [3.05, 3.63) is 28.7 Å². The first-order valence-electron chi connectivity index (χ1n) is 6.93. The standard InChI is InChI=1S/C14H22BrNO4S/c1-3-19-11-9-16(10-12-20-4-2)21(17,18)14-7-5-13(15)6-8-14/h5-8H,3-4,9-12H2,1-2H3. The van der Waals surface area contributed by atoms with E-state index in [2.05, 4.69) is 15.9 Å². The van der Waals surface area contributed by atoms with Gasteiger partial charge in [-0.1, -0.05) is 15.9 Å². The van der Waals surface area contributed by atoms with Crippen LogP contribution in [-0.4, -0.2) is 52.2 Å². The van der Waals surface area contributed by atoms with Crippen LogP contribution in [0.3, 0.4) is 0 Å². The van der Waals surface area contributed by atoms with Crippen molar-refractivity contribution in [3.8, 4) is 0 Å². The highest BCUT2D eigenvalue weighted by atomic mass is 79.9. The van der Waals surface area contributed by atoms with Crippen LogP contribution < -0.4 is 0 Å². The Morgan fingerprint density at radius 2 is 1.48 bits per heavy atom. The van der Waals surface area contributed by atoms with Gasteiger partial charge in [0.2, 0.25) is 10.0 Å². The van der Waals surface area contributed by atoms with Gasteiger partial charge in [0.1, 0.15) is 0 Å². The Balaban J connectivity index is 2.84. The lowest BCUT2D eigenvalue weighted by Crippen LogP contribution is -2.36. The van der Waals surface area contributed by atoms with Crippen LogP contribution in [0.15, 0.2) is 33.6 Å². The van der Waals surface area contributed by atoms with Crippen LogP contribution >= 0.6 is 15.9 Å². The maximum Gasteiger partial charge on any atom is 0.243 e. The zero-order valence-corrected chi connectivity index (χ0v) is 14.8. The van der Waals surface area contributed by atoms with Crippen LogP contribution in [0.25, 0.3) is 0 Å². The molecule has 0 unspecified atom stereocenters. The van der Waals surface area contributed by atoms with Gasteiger partial charge in [-0.15, -0.1) is 0 Å². The van der Waals surface area contributed by atoms with Crippen molar-refractivity contribution in [3.63, 3.8) is 0 Å². The van der Waals surface area contributed by atoms with Gasteiger partial charge in [-0.3, -0.25) is 0 Å². The third-order valence-electron chi connectivity index (χ3n) is 2.83. The summed E-state index contributed by atoms with van der Waals surface area (Å²) in [6.07, 6.45) is 0. The van der Waals surface area contributed by atoms with Crippen LogP contribution in [-0.2, 0) is 19.5 Å². The van der Waals surface area contributed by atoms with Crippen molar-refractivity contribution in [2.75, 3.05) is 39.5 Å². The number of nitrogens with zero attached hydrogens (tertiary/aromatic N) is 1. The smallest absolute Gasteiger partial charge is 0.243 e. The van der Waals surface area contributed by atoms with Crippen molar-refractivity contribution in [2.45, 2.75) is 18.7 Å². The highest BCUT2D eigenvalue weighted by Crippen LogP contribution is 2.18. The molecule has 0 saturated heterocycles. The fourth-order valence-corrected chi connectivity index (χ4v) is 3.40. The molecule has 0 fully saturated rings. The second kappa shape index (κ2) is 9.53. The van der Waals surface area contributed by atoms with E-state index in [0.717, 1.165) is 4.47 Å². The van der Waals surface area contributed by atoms with Crippen molar-refractivity contribution in [1.29, 1.82) is 0 Å². The monoisotopic (exact) mass is 379 g/mol. The summed E-state index contributed by atoms with van der Waals surface area (Å²) in [6, 6.07) is 6.62. The lowest BCUT2D eigenvalue weighted by molar-refractivity contribution is 0.110. The van der Waals surface area contributed by atoms with Gasteiger partial charge in [-0.05, 0) is 38.1 Å². The highest BCUT2D eigenvalue weighted by molar-refractivity contribution is 9.10. The topological polar surface area (TPSA) is 55.8 Å². The predicted molar refractivity (Wildman–Crippen MR) is 85.9 cm³/mol. The average molecular weight is 380 g/mol. The third kappa shape index (κ3) is 6.04. The molecular weight excluding hydrogens is 358 g/mol. The fraction of sp³-hybridized carbons (Fsp3) is 0.571. The Labute approximate surface area is 135 Å². The molecule has 0 aromatic heterocycles. The van der Waals surface area contributed by atoms with E-state index in [1.165, 1.54) is 4.31 Å². The van der Waals surface area contributed by atoms with Gasteiger partial charge in [-0.2, -0.15) is 4.31 Å². The second-order valence-electron chi connectivity index (χ2n) is 4.25. The molecule has 1 aromatic rings. The molecule has 0 N–H and O–H groups in total. The van der Waals surface area contributed by atoms with Crippen LogP contribution in [0, 0.1) is 0 Å². The highest BCUT2D eigenvalue weighted by Gasteiger charge is 2.23. The number of rotatable bonds is 10. The molecule has 0 spiro atoms. The van der Waals surface area contributed by atoms with E-state index in [9.17, 15) is 8.42 Å². The lowest BCUT2D eigenvalue weighted by atomic mass is 10.4. The first-order valence-corrected chi connectivity index (χ1v) is 9.16. The zero-order valence-electron chi connectivity index (χ0n) is 12.4. The van der Waals surface area contributed by atoms with Gasteiger partial charge in [0, 0.05) is 30.8 Å². The van der Waals surface area contributed by atoms with E-state index in [1.54, 1.807) is 24.3 Å². The first kappa shape index (κ1) is 18.6. The molecule has 1 rings (SSSR count). The Morgan fingerprint density at radius 1 is 1.00 bits per heavy atom. The van der Waals surface area contributed by atoms with E-state index in [-0.39, 0.29) is 4.90 Å². The Hall–Kier alpha value is -0.470. The Bertz CT molecular complexity index is 494. The van der Waals surface area contributed by atoms with Crippen molar-refractivity contribution in [2.24, 2.45) is 0 Å². The molecule has 1 aromatic carbocycles. The molecule has 0 bridgehead atoms. The van der Waals surface area contributed by atoms with Crippen LogP contribution in [0.5, 0.6) is 0 Å². The minimum atomic E-state index is -3.53. The lowest BCUT2D eigenvalue weighted by Gasteiger charge is -2.22.